The maximum Gasteiger partial charge on any atom is 0.248 e. The van der Waals surface area contributed by atoms with E-state index in [1.807, 2.05) is 0 Å². The number of nitrogens with zero attached hydrogens (tertiary/aromatic N) is 1. The quantitative estimate of drug-likeness (QED) is 0.291. The summed E-state index contributed by atoms with van der Waals surface area (Å²) in [5, 5.41) is 12.1. The van der Waals surface area contributed by atoms with E-state index in [9.17, 15) is 28.5 Å². The van der Waals surface area contributed by atoms with Gasteiger partial charge in [-0.1, -0.05) is 24.3 Å². The number of hydrogen-bond donors (Lipinski definition) is 5. The molecule has 0 radical (unpaired) electrons. The van der Waals surface area contributed by atoms with Gasteiger partial charge in [0.2, 0.25) is 29.5 Å². The second kappa shape index (κ2) is 15.4. The molecular formula is C29H36N6O7S. The maximum absolute atomic E-state index is 13.3. The Kier molecular flexibility index (Phi) is 11.4. The number of hydrogen-bond acceptors (Lipinski definition) is 8. The first kappa shape index (κ1) is 31.8. The Morgan fingerprint density at radius 1 is 1.02 bits per heavy atom. The fourth-order valence-electron chi connectivity index (χ4n) is 5.07. The standard InChI is InChI=1S/C29H36N6O7S/c30-28(39)23-9-11-31-25(36)10-14-43(41)35-12-3-7-21(35)16-27(38)34-24(17-22-8-4-13-42-22)29(40)32-18-20-6-2-1-5-19(20)15-26(37)33-23/h1-2,4-6,8,10,13-14,21,23-24H,3,7,9,11-12,15-18H2,(H2,30,39)(H,31,36)(H,32,40)(H,33,37)(H,34,38)/b14-10+/t21-,23-,24-,43?/m0/s1. The highest BCUT2D eigenvalue weighted by Crippen LogP contribution is 2.24. The van der Waals surface area contributed by atoms with Gasteiger partial charge in [-0.2, -0.15) is 0 Å². The second-order valence-electron chi connectivity index (χ2n) is 10.4. The average Bonchev–Trinajstić information content (AvgIpc) is 3.66. The Balaban J connectivity index is 1.56. The molecule has 1 aromatic carbocycles. The van der Waals surface area contributed by atoms with Crippen LogP contribution in [-0.4, -0.2) is 69.6 Å². The van der Waals surface area contributed by atoms with Crippen LogP contribution in [0.15, 0.2) is 58.6 Å². The summed E-state index contributed by atoms with van der Waals surface area (Å²) in [6.45, 7) is 0.601. The van der Waals surface area contributed by atoms with Crippen LogP contribution in [0.2, 0.25) is 0 Å². The molecule has 2 aromatic rings. The fraction of sp³-hybridized carbons (Fsp3) is 0.414. The Morgan fingerprint density at radius 3 is 2.56 bits per heavy atom. The number of primary amides is 1. The van der Waals surface area contributed by atoms with Crippen molar-refractivity contribution in [3.63, 3.8) is 0 Å². The predicted molar refractivity (Wildman–Crippen MR) is 157 cm³/mol. The second-order valence-corrected chi connectivity index (χ2v) is 11.7. The van der Waals surface area contributed by atoms with Crippen molar-refractivity contribution in [3.8, 4) is 0 Å². The molecule has 1 saturated heterocycles. The lowest BCUT2D eigenvalue weighted by molar-refractivity contribution is -0.129. The molecule has 0 bridgehead atoms. The van der Waals surface area contributed by atoms with Crippen LogP contribution in [0.25, 0.3) is 0 Å². The molecular weight excluding hydrogens is 576 g/mol. The van der Waals surface area contributed by atoms with E-state index in [1.54, 1.807) is 40.7 Å². The lowest BCUT2D eigenvalue weighted by atomic mass is 10.0. The van der Waals surface area contributed by atoms with Crippen molar-refractivity contribution in [3.05, 3.63) is 71.0 Å². The molecule has 3 heterocycles. The minimum absolute atomic E-state index is 0.0140. The summed E-state index contributed by atoms with van der Waals surface area (Å²) in [6, 6.07) is 8.12. The number of benzene rings is 1. The van der Waals surface area contributed by atoms with E-state index < -0.39 is 47.1 Å². The van der Waals surface area contributed by atoms with Crippen molar-refractivity contribution in [1.29, 1.82) is 0 Å². The van der Waals surface area contributed by atoms with Crippen molar-refractivity contribution in [1.82, 2.24) is 25.6 Å². The third-order valence-corrected chi connectivity index (χ3v) is 8.59. The van der Waals surface area contributed by atoms with Gasteiger partial charge < -0.3 is 36.0 Å². The van der Waals surface area contributed by atoms with Gasteiger partial charge in [-0.3, -0.25) is 24.0 Å². The molecule has 2 aliphatic rings. The number of nitrogens with one attached hydrogen (secondary N) is 4. The van der Waals surface area contributed by atoms with Crippen LogP contribution in [0, 0.1) is 0 Å². The van der Waals surface area contributed by atoms with Gasteiger partial charge in [0.05, 0.1) is 36.2 Å². The van der Waals surface area contributed by atoms with Crippen molar-refractivity contribution in [2.24, 2.45) is 5.73 Å². The van der Waals surface area contributed by atoms with Crippen LogP contribution < -0.4 is 27.0 Å². The van der Waals surface area contributed by atoms with Gasteiger partial charge in [-0.15, -0.1) is 4.31 Å². The molecule has 14 heteroatoms. The van der Waals surface area contributed by atoms with E-state index in [0.717, 1.165) is 12.5 Å². The smallest absolute Gasteiger partial charge is 0.248 e. The number of rotatable bonds is 3. The van der Waals surface area contributed by atoms with Crippen LogP contribution in [0.3, 0.4) is 0 Å². The Bertz CT molecular complexity index is 1330. The topological polar surface area (TPSA) is 199 Å². The highest BCUT2D eigenvalue weighted by molar-refractivity contribution is 7.92. The third kappa shape index (κ3) is 9.43. The van der Waals surface area contributed by atoms with E-state index >= 15 is 0 Å². The zero-order valence-corrected chi connectivity index (χ0v) is 24.4. The van der Waals surface area contributed by atoms with Crippen molar-refractivity contribution in [2.45, 2.75) is 63.2 Å². The number of amides is 5. The summed E-state index contributed by atoms with van der Waals surface area (Å²) in [4.78, 5) is 63.6. The number of nitrogens with two attached hydrogens (primary N) is 1. The van der Waals surface area contributed by atoms with E-state index in [1.165, 1.54) is 11.7 Å². The Morgan fingerprint density at radius 2 is 1.81 bits per heavy atom. The molecule has 43 heavy (non-hydrogen) atoms. The van der Waals surface area contributed by atoms with Gasteiger partial charge >= 0.3 is 0 Å². The summed E-state index contributed by atoms with van der Waals surface area (Å²) in [6.07, 6.45) is 4.07. The van der Waals surface area contributed by atoms with E-state index in [4.69, 9.17) is 10.2 Å². The first-order chi connectivity index (χ1) is 20.7. The molecule has 2 aliphatic heterocycles. The minimum Gasteiger partial charge on any atom is -0.593 e. The normalized spacial score (nSPS) is 25.9. The Hall–Kier alpha value is -4.14. The number of furan rings is 1. The van der Waals surface area contributed by atoms with Gasteiger partial charge in [0, 0.05) is 32.5 Å². The zero-order valence-electron chi connectivity index (χ0n) is 23.6. The van der Waals surface area contributed by atoms with Gasteiger partial charge in [0.1, 0.15) is 23.3 Å². The molecule has 5 amide bonds. The van der Waals surface area contributed by atoms with Crippen molar-refractivity contribution < 1.29 is 32.9 Å². The van der Waals surface area contributed by atoms with Crippen LogP contribution in [0.5, 0.6) is 0 Å². The molecule has 4 rings (SSSR count). The summed E-state index contributed by atoms with van der Waals surface area (Å²) in [5.74, 6) is -2.06. The van der Waals surface area contributed by atoms with Crippen molar-refractivity contribution in [2.75, 3.05) is 13.1 Å². The van der Waals surface area contributed by atoms with E-state index in [2.05, 4.69) is 21.3 Å². The molecule has 230 valence electrons. The monoisotopic (exact) mass is 612 g/mol. The van der Waals surface area contributed by atoms with Crippen LogP contribution in [0.1, 0.15) is 42.6 Å². The summed E-state index contributed by atoms with van der Waals surface area (Å²) < 4.78 is 20.0. The zero-order chi connectivity index (χ0) is 30.8. The molecule has 1 unspecified atom stereocenters. The predicted octanol–water partition coefficient (Wildman–Crippen LogP) is -0.312. The number of carbonyl (C=O) groups is 5. The largest absolute Gasteiger partial charge is 0.593 e. The molecule has 0 saturated carbocycles. The molecule has 0 spiro atoms. The van der Waals surface area contributed by atoms with Crippen molar-refractivity contribution >= 4 is 40.9 Å². The molecule has 1 aromatic heterocycles. The first-order valence-electron chi connectivity index (χ1n) is 14.1. The van der Waals surface area contributed by atoms with Gasteiger partial charge in [0.25, 0.3) is 0 Å². The lowest BCUT2D eigenvalue weighted by Gasteiger charge is -2.24. The summed E-state index contributed by atoms with van der Waals surface area (Å²) in [7, 11) is 0. The lowest BCUT2D eigenvalue weighted by Crippen LogP contribution is -2.49. The van der Waals surface area contributed by atoms with Crippen LogP contribution in [0.4, 0.5) is 0 Å². The molecule has 4 atom stereocenters. The molecule has 6 N–H and O–H groups in total. The average molecular weight is 613 g/mol. The number of carbonyl (C=O) groups excluding carboxylic acids is 5. The molecule has 13 nitrogen and oxygen atoms in total. The summed E-state index contributed by atoms with van der Waals surface area (Å²) in [5.41, 5.74) is 6.79. The molecule has 0 aliphatic carbocycles. The van der Waals surface area contributed by atoms with E-state index in [0.29, 0.717) is 29.9 Å². The first-order valence-corrected chi connectivity index (χ1v) is 15.2. The SMILES string of the molecule is NC(=O)[C@@H]1CCNC(=O)/C=C/[S+]([O-])N2CCC[C@H]2CC(=O)N[C@@H](Cc2ccco2)C(=O)NCc2ccccc2CC(=O)N1. The van der Waals surface area contributed by atoms with Crippen LogP contribution in [-0.2, 0) is 54.7 Å². The highest BCUT2D eigenvalue weighted by Gasteiger charge is 2.35. The summed E-state index contributed by atoms with van der Waals surface area (Å²) >= 11 is -1.67. The van der Waals surface area contributed by atoms with Gasteiger partial charge in [-0.05, 0) is 42.5 Å². The number of fused-ring (bicyclic) bond motifs is 2. The highest BCUT2D eigenvalue weighted by atomic mass is 32.2. The third-order valence-electron chi connectivity index (χ3n) is 7.28. The fourth-order valence-corrected chi connectivity index (χ4v) is 6.24. The van der Waals surface area contributed by atoms with Gasteiger partial charge in [0.15, 0.2) is 0 Å². The Labute approximate surface area is 252 Å². The maximum atomic E-state index is 13.3. The van der Waals surface area contributed by atoms with Crippen LogP contribution >= 0.6 is 0 Å². The molecule has 1 fully saturated rings. The van der Waals surface area contributed by atoms with Gasteiger partial charge in [-0.25, -0.2) is 0 Å². The minimum atomic E-state index is -1.67. The van der Waals surface area contributed by atoms with E-state index in [-0.39, 0.29) is 50.7 Å².